The molecule has 5 nitrogen and oxygen atoms in total. The van der Waals surface area contributed by atoms with Crippen molar-refractivity contribution in [2.75, 3.05) is 26.2 Å². The van der Waals surface area contributed by atoms with Crippen LogP contribution in [-0.2, 0) is 4.79 Å². The largest absolute Gasteiger partial charge is 0.357 e. The summed E-state index contributed by atoms with van der Waals surface area (Å²) in [6.07, 6.45) is 2.57. The number of carbonyl (C=O) groups is 2. The minimum Gasteiger partial charge on any atom is -0.357 e. The van der Waals surface area contributed by atoms with Gasteiger partial charge in [0.25, 0.3) is 5.91 Å². The average Bonchev–Trinajstić information content (AvgIpc) is 3.37. The van der Waals surface area contributed by atoms with E-state index in [0.717, 1.165) is 25.1 Å². The fraction of sp³-hybridized carbons (Fsp3) is 0.400. The van der Waals surface area contributed by atoms with E-state index in [0.29, 0.717) is 18.8 Å². The van der Waals surface area contributed by atoms with Gasteiger partial charge in [-0.2, -0.15) is 0 Å². The fourth-order valence-electron chi connectivity index (χ4n) is 4.44. The lowest BCUT2D eigenvalue weighted by Crippen LogP contribution is -2.40. The third-order valence-electron chi connectivity index (χ3n) is 5.78. The van der Waals surface area contributed by atoms with Crippen molar-refractivity contribution in [2.24, 2.45) is 5.41 Å². The number of aromatic amines is 1. The molecule has 0 saturated carbocycles. The second-order valence-corrected chi connectivity index (χ2v) is 7.02. The predicted octanol–water partition coefficient (Wildman–Crippen LogP) is 2.49. The number of nitrogens with one attached hydrogen (secondary N) is 1. The van der Waals surface area contributed by atoms with Crippen LogP contribution in [0.2, 0.25) is 0 Å². The number of aromatic nitrogens is 1. The maximum absolute atomic E-state index is 13.2. The Morgan fingerprint density at radius 3 is 2.68 bits per heavy atom. The summed E-state index contributed by atoms with van der Waals surface area (Å²) < 4.78 is 0. The summed E-state index contributed by atoms with van der Waals surface area (Å²) in [5, 5.41) is 0. The highest BCUT2D eigenvalue weighted by Crippen LogP contribution is 2.50. The lowest BCUT2D eigenvalue weighted by Gasteiger charge is -2.28. The third kappa shape index (κ3) is 2.46. The zero-order valence-electron chi connectivity index (χ0n) is 14.4. The number of nitrogens with zero attached hydrogens (tertiary/aromatic N) is 2. The highest BCUT2D eigenvalue weighted by molar-refractivity contribution is 5.94. The first-order chi connectivity index (χ1) is 12.2. The molecule has 1 aromatic heterocycles. The van der Waals surface area contributed by atoms with Crippen molar-refractivity contribution in [1.82, 2.24) is 14.8 Å². The summed E-state index contributed by atoms with van der Waals surface area (Å²) in [6.45, 7) is 4.62. The quantitative estimate of drug-likeness (QED) is 0.935. The SMILES string of the molecule is CCN1CC[C@@]2(CN(C(=O)c3ccc[nH]3)C[C@@H]2c2ccccc2)C1=O. The first kappa shape index (κ1) is 15.9. The molecular weight excluding hydrogens is 314 g/mol. The smallest absolute Gasteiger partial charge is 0.270 e. The molecule has 2 aliphatic heterocycles. The van der Waals surface area contributed by atoms with Gasteiger partial charge in [0.15, 0.2) is 0 Å². The number of carbonyl (C=O) groups excluding carboxylic acids is 2. The second kappa shape index (κ2) is 6.06. The monoisotopic (exact) mass is 337 g/mol. The first-order valence-corrected chi connectivity index (χ1v) is 8.92. The summed E-state index contributed by atoms with van der Waals surface area (Å²) in [6, 6.07) is 13.8. The van der Waals surface area contributed by atoms with Gasteiger partial charge in [-0.15, -0.1) is 0 Å². The Morgan fingerprint density at radius 2 is 2.04 bits per heavy atom. The molecule has 2 aliphatic rings. The Labute approximate surface area is 147 Å². The van der Waals surface area contributed by atoms with E-state index in [-0.39, 0.29) is 17.7 Å². The zero-order valence-corrected chi connectivity index (χ0v) is 14.4. The minimum absolute atomic E-state index is 0.0226. The van der Waals surface area contributed by atoms with Crippen LogP contribution in [0.5, 0.6) is 0 Å². The van der Waals surface area contributed by atoms with Crippen molar-refractivity contribution < 1.29 is 9.59 Å². The molecule has 3 heterocycles. The van der Waals surface area contributed by atoms with Gasteiger partial charge >= 0.3 is 0 Å². The van der Waals surface area contributed by atoms with Crippen molar-refractivity contribution in [3.8, 4) is 0 Å². The maximum Gasteiger partial charge on any atom is 0.270 e. The summed E-state index contributed by atoms with van der Waals surface area (Å²) in [4.78, 5) is 32.8. The number of amides is 2. The second-order valence-electron chi connectivity index (χ2n) is 7.02. The topological polar surface area (TPSA) is 56.4 Å². The number of hydrogen-bond donors (Lipinski definition) is 1. The van der Waals surface area contributed by atoms with E-state index in [4.69, 9.17) is 0 Å². The predicted molar refractivity (Wildman–Crippen MR) is 95.2 cm³/mol. The van der Waals surface area contributed by atoms with Crippen molar-refractivity contribution >= 4 is 11.8 Å². The Kier molecular flexibility index (Phi) is 3.86. The van der Waals surface area contributed by atoms with Crippen molar-refractivity contribution in [3.63, 3.8) is 0 Å². The van der Waals surface area contributed by atoms with E-state index in [9.17, 15) is 9.59 Å². The van der Waals surface area contributed by atoms with Gasteiger partial charge < -0.3 is 14.8 Å². The molecule has 1 aromatic carbocycles. The van der Waals surface area contributed by atoms with Crippen LogP contribution in [0.3, 0.4) is 0 Å². The molecule has 0 bridgehead atoms. The van der Waals surface area contributed by atoms with Crippen LogP contribution in [0, 0.1) is 5.41 Å². The lowest BCUT2D eigenvalue weighted by molar-refractivity contribution is -0.135. The normalized spacial score (nSPS) is 26.0. The van der Waals surface area contributed by atoms with E-state index >= 15 is 0 Å². The van der Waals surface area contributed by atoms with Gasteiger partial charge in [0.1, 0.15) is 5.69 Å². The number of H-pyrrole nitrogens is 1. The van der Waals surface area contributed by atoms with Crippen molar-refractivity contribution in [1.29, 1.82) is 0 Å². The van der Waals surface area contributed by atoms with Crippen molar-refractivity contribution in [2.45, 2.75) is 19.3 Å². The summed E-state index contributed by atoms with van der Waals surface area (Å²) in [5.41, 5.74) is 1.25. The van der Waals surface area contributed by atoms with Crippen LogP contribution in [-0.4, -0.2) is 52.8 Å². The van der Waals surface area contributed by atoms with Crippen molar-refractivity contribution in [3.05, 3.63) is 59.9 Å². The van der Waals surface area contributed by atoms with E-state index < -0.39 is 5.41 Å². The molecule has 0 aliphatic carbocycles. The zero-order chi connectivity index (χ0) is 17.4. The van der Waals surface area contributed by atoms with Crippen LogP contribution in [0.4, 0.5) is 0 Å². The van der Waals surface area contributed by atoms with Crippen LogP contribution >= 0.6 is 0 Å². The average molecular weight is 337 g/mol. The molecule has 1 spiro atoms. The van der Waals surface area contributed by atoms with E-state index in [1.807, 2.05) is 41.0 Å². The van der Waals surface area contributed by atoms with Crippen LogP contribution in [0.1, 0.15) is 35.3 Å². The van der Waals surface area contributed by atoms with Gasteiger partial charge in [0.2, 0.25) is 5.91 Å². The van der Waals surface area contributed by atoms with Crippen LogP contribution in [0.15, 0.2) is 48.7 Å². The van der Waals surface area contributed by atoms with E-state index in [1.54, 1.807) is 12.3 Å². The number of rotatable bonds is 3. The molecule has 1 N–H and O–H groups in total. The lowest BCUT2D eigenvalue weighted by atomic mass is 9.73. The molecule has 0 radical (unpaired) electrons. The molecule has 2 aromatic rings. The Balaban J connectivity index is 1.70. The number of hydrogen-bond acceptors (Lipinski definition) is 2. The fourth-order valence-corrected chi connectivity index (χ4v) is 4.44. The molecule has 2 fully saturated rings. The molecule has 5 heteroatoms. The molecule has 130 valence electrons. The maximum atomic E-state index is 13.2. The molecular formula is C20H23N3O2. The molecule has 25 heavy (non-hydrogen) atoms. The highest BCUT2D eigenvalue weighted by atomic mass is 16.2. The first-order valence-electron chi connectivity index (χ1n) is 8.92. The standard InChI is InChI=1S/C20H23N3O2/c1-2-22-12-10-20(19(22)25)14-23(18(24)17-9-6-11-21-17)13-16(20)15-7-4-3-5-8-15/h3-9,11,16,21H,2,10,12-14H2,1H3/t16-,20+/m1/s1. The molecule has 2 amide bonds. The summed E-state index contributed by atoms with van der Waals surface area (Å²) in [7, 11) is 0. The summed E-state index contributed by atoms with van der Waals surface area (Å²) in [5.74, 6) is 0.229. The highest BCUT2D eigenvalue weighted by Gasteiger charge is 2.57. The van der Waals surface area contributed by atoms with Gasteiger partial charge in [-0.1, -0.05) is 30.3 Å². The molecule has 2 saturated heterocycles. The minimum atomic E-state index is -0.486. The van der Waals surface area contributed by atoms with Gasteiger partial charge in [0, 0.05) is 38.3 Å². The van der Waals surface area contributed by atoms with Gasteiger partial charge in [-0.25, -0.2) is 0 Å². The van der Waals surface area contributed by atoms with Crippen LogP contribution < -0.4 is 0 Å². The number of benzene rings is 1. The van der Waals surface area contributed by atoms with E-state index in [2.05, 4.69) is 17.1 Å². The molecule has 4 rings (SSSR count). The Bertz CT molecular complexity index is 772. The van der Waals surface area contributed by atoms with Gasteiger partial charge in [-0.3, -0.25) is 9.59 Å². The van der Waals surface area contributed by atoms with Gasteiger partial charge in [-0.05, 0) is 31.0 Å². The molecule has 2 atom stereocenters. The Morgan fingerprint density at radius 1 is 1.24 bits per heavy atom. The van der Waals surface area contributed by atoms with Gasteiger partial charge in [0.05, 0.1) is 5.41 Å². The van der Waals surface area contributed by atoms with E-state index in [1.165, 1.54) is 0 Å². The summed E-state index contributed by atoms with van der Waals surface area (Å²) >= 11 is 0. The third-order valence-corrected chi connectivity index (χ3v) is 5.78. The van der Waals surface area contributed by atoms with Crippen LogP contribution in [0.25, 0.3) is 0 Å². The molecule has 0 unspecified atom stereocenters. The Hall–Kier alpha value is -2.56. The number of likely N-dealkylation sites (tertiary alicyclic amines) is 2.